The van der Waals surface area contributed by atoms with Crippen LogP contribution in [-0.4, -0.2) is 15.6 Å². The van der Waals surface area contributed by atoms with Crippen molar-refractivity contribution in [1.29, 1.82) is 0 Å². The summed E-state index contributed by atoms with van der Waals surface area (Å²) in [5.74, 6) is 2.12. The summed E-state index contributed by atoms with van der Waals surface area (Å²) in [6.45, 7) is 1.88. The highest BCUT2D eigenvalue weighted by Gasteiger charge is 2.42. The normalized spacial score (nSPS) is 30.1. The molecule has 1 heterocycles. The Morgan fingerprint density at radius 1 is 1.44 bits per heavy atom. The van der Waals surface area contributed by atoms with E-state index in [1.54, 1.807) is 4.68 Å². The number of aromatic nitrogens is 2. The molecule has 3 atom stereocenters. The van der Waals surface area contributed by atoms with Crippen molar-refractivity contribution in [3.8, 4) is 0 Å². The lowest BCUT2D eigenvalue weighted by molar-refractivity contribution is -0.123. The number of carbonyl (C=O) groups is 1. The molecule has 0 spiro atoms. The first-order valence-corrected chi connectivity index (χ1v) is 7.14. The molecule has 3 rings (SSSR count). The fourth-order valence-electron chi connectivity index (χ4n) is 3.81. The van der Waals surface area contributed by atoms with Crippen molar-refractivity contribution >= 4 is 17.4 Å². The van der Waals surface area contributed by atoms with Gasteiger partial charge in [0.25, 0.3) is 0 Å². The van der Waals surface area contributed by atoms with Crippen LogP contribution in [0.25, 0.3) is 0 Å². The summed E-state index contributed by atoms with van der Waals surface area (Å²) in [6.07, 6.45) is 5.41. The van der Waals surface area contributed by atoms with Gasteiger partial charge in [-0.25, -0.2) is 0 Å². The second-order valence-electron chi connectivity index (χ2n) is 5.89. The smallest absolute Gasteiger partial charge is 0.142 e. The number of Topliss-reactive ketones (excluding diaryl/α,β-unsaturated/α-hetero) is 1. The summed E-state index contributed by atoms with van der Waals surface area (Å²) in [4.78, 5) is 12.4. The number of aryl methyl sites for hydroxylation is 2. The third-order valence-corrected chi connectivity index (χ3v) is 5.25. The number of rotatable bonds is 3. The molecule has 4 heteroatoms. The number of nitrogens with zero attached hydrogens (tertiary/aromatic N) is 2. The van der Waals surface area contributed by atoms with Crippen molar-refractivity contribution in [2.24, 2.45) is 24.8 Å². The minimum absolute atomic E-state index is 0.287. The van der Waals surface area contributed by atoms with Crippen LogP contribution in [0.5, 0.6) is 0 Å². The van der Waals surface area contributed by atoms with Gasteiger partial charge in [-0.15, -0.1) is 0 Å². The van der Waals surface area contributed by atoms with Gasteiger partial charge in [0.2, 0.25) is 0 Å². The van der Waals surface area contributed by atoms with Crippen molar-refractivity contribution < 1.29 is 4.79 Å². The van der Waals surface area contributed by atoms with Crippen molar-refractivity contribution in [3.05, 3.63) is 16.4 Å². The highest BCUT2D eigenvalue weighted by Crippen LogP contribution is 2.48. The molecule has 3 unspecified atom stereocenters. The van der Waals surface area contributed by atoms with E-state index in [-0.39, 0.29) is 5.92 Å². The molecule has 0 N–H and O–H groups in total. The lowest BCUT2D eigenvalue weighted by atomic mass is 9.84. The van der Waals surface area contributed by atoms with E-state index in [9.17, 15) is 4.79 Å². The zero-order valence-corrected chi connectivity index (χ0v) is 11.7. The molecule has 98 valence electrons. The summed E-state index contributed by atoms with van der Waals surface area (Å²) in [5.41, 5.74) is 1.69. The molecule has 2 aliphatic rings. The maximum Gasteiger partial charge on any atom is 0.142 e. The van der Waals surface area contributed by atoms with Gasteiger partial charge >= 0.3 is 0 Å². The summed E-state index contributed by atoms with van der Waals surface area (Å²) in [7, 11) is 1.86. The van der Waals surface area contributed by atoms with Gasteiger partial charge in [0.1, 0.15) is 5.78 Å². The summed E-state index contributed by atoms with van der Waals surface area (Å²) >= 11 is 6.21. The fourth-order valence-corrected chi connectivity index (χ4v) is 4.03. The highest BCUT2D eigenvalue weighted by atomic mass is 35.5. The number of ketones is 1. The van der Waals surface area contributed by atoms with Gasteiger partial charge in [0, 0.05) is 13.0 Å². The second kappa shape index (κ2) is 4.37. The molecule has 18 heavy (non-hydrogen) atoms. The Labute approximate surface area is 113 Å². The van der Waals surface area contributed by atoms with Crippen molar-refractivity contribution in [3.63, 3.8) is 0 Å². The monoisotopic (exact) mass is 266 g/mol. The van der Waals surface area contributed by atoms with Crippen LogP contribution in [0.1, 0.15) is 37.1 Å². The predicted molar refractivity (Wildman–Crippen MR) is 70.6 cm³/mol. The molecule has 2 saturated carbocycles. The van der Waals surface area contributed by atoms with Crippen LogP contribution < -0.4 is 0 Å². The van der Waals surface area contributed by atoms with Crippen LogP contribution in [0.2, 0.25) is 5.02 Å². The van der Waals surface area contributed by atoms with Crippen LogP contribution in [0.3, 0.4) is 0 Å². The van der Waals surface area contributed by atoms with Crippen LogP contribution in [-0.2, 0) is 18.3 Å². The Hall–Kier alpha value is -0.830. The number of halogens is 1. The Morgan fingerprint density at radius 3 is 2.72 bits per heavy atom. The molecule has 0 saturated heterocycles. The van der Waals surface area contributed by atoms with E-state index in [0.29, 0.717) is 23.1 Å². The molecule has 0 radical (unpaired) electrons. The first-order chi connectivity index (χ1) is 8.56. The van der Waals surface area contributed by atoms with E-state index in [4.69, 9.17) is 11.6 Å². The molecule has 0 aromatic carbocycles. The SMILES string of the molecule is Cc1nn(C)c(CC(=O)C2CC3CCC2C3)c1Cl. The molecule has 1 aromatic heterocycles. The van der Waals surface area contributed by atoms with Crippen LogP contribution in [0, 0.1) is 24.7 Å². The summed E-state index contributed by atoms with van der Waals surface area (Å²) in [6, 6.07) is 0. The van der Waals surface area contributed by atoms with E-state index in [1.165, 1.54) is 19.3 Å². The molecule has 1 aromatic rings. The zero-order chi connectivity index (χ0) is 12.9. The van der Waals surface area contributed by atoms with Gasteiger partial charge in [-0.2, -0.15) is 5.10 Å². The summed E-state index contributed by atoms with van der Waals surface area (Å²) < 4.78 is 1.75. The Balaban J connectivity index is 1.75. The molecule has 2 bridgehead atoms. The van der Waals surface area contributed by atoms with Gasteiger partial charge in [-0.05, 0) is 38.0 Å². The van der Waals surface area contributed by atoms with Gasteiger partial charge < -0.3 is 0 Å². The lowest BCUT2D eigenvalue weighted by Gasteiger charge is -2.20. The topological polar surface area (TPSA) is 34.9 Å². The third-order valence-electron chi connectivity index (χ3n) is 4.75. The zero-order valence-electron chi connectivity index (χ0n) is 10.9. The van der Waals surface area contributed by atoms with Gasteiger partial charge in [-0.1, -0.05) is 18.0 Å². The predicted octanol–water partition coefficient (Wildman–Crippen LogP) is 2.93. The van der Waals surface area contributed by atoms with E-state index >= 15 is 0 Å². The Morgan fingerprint density at radius 2 is 2.22 bits per heavy atom. The lowest BCUT2D eigenvalue weighted by Crippen LogP contribution is -2.23. The van der Waals surface area contributed by atoms with Crippen LogP contribution in [0.15, 0.2) is 0 Å². The molecular formula is C14H19ClN2O. The van der Waals surface area contributed by atoms with Gasteiger partial charge in [0.15, 0.2) is 0 Å². The molecule has 0 aliphatic heterocycles. The van der Waals surface area contributed by atoms with Crippen molar-refractivity contribution in [1.82, 2.24) is 9.78 Å². The average molecular weight is 267 g/mol. The van der Waals surface area contributed by atoms with Crippen LogP contribution in [0.4, 0.5) is 0 Å². The van der Waals surface area contributed by atoms with E-state index in [1.807, 2.05) is 14.0 Å². The maximum absolute atomic E-state index is 12.4. The second-order valence-corrected chi connectivity index (χ2v) is 6.27. The average Bonchev–Trinajstić information content (AvgIpc) is 3.00. The summed E-state index contributed by atoms with van der Waals surface area (Å²) in [5, 5.41) is 4.93. The number of carbonyl (C=O) groups excluding carboxylic acids is 1. The first-order valence-electron chi connectivity index (χ1n) is 6.77. The van der Waals surface area contributed by atoms with E-state index in [0.717, 1.165) is 23.7 Å². The minimum Gasteiger partial charge on any atom is -0.299 e. The molecule has 2 aliphatic carbocycles. The van der Waals surface area contributed by atoms with Gasteiger partial charge in [0.05, 0.1) is 22.8 Å². The number of hydrogen-bond acceptors (Lipinski definition) is 2. The highest BCUT2D eigenvalue weighted by molar-refractivity contribution is 6.32. The van der Waals surface area contributed by atoms with Crippen molar-refractivity contribution in [2.45, 2.75) is 39.0 Å². The Kier molecular flexibility index (Phi) is 2.97. The fraction of sp³-hybridized carbons (Fsp3) is 0.714. The number of fused-ring (bicyclic) bond motifs is 2. The minimum atomic E-state index is 0.287. The van der Waals surface area contributed by atoms with Crippen LogP contribution >= 0.6 is 11.6 Å². The quantitative estimate of drug-likeness (QED) is 0.843. The van der Waals surface area contributed by atoms with E-state index in [2.05, 4.69) is 5.10 Å². The molecule has 3 nitrogen and oxygen atoms in total. The first kappa shape index (κ1) is 12.2. The number of hydrogen-bond donors (Lipinski definition) is 0. The molecular weight excluding hydrogens is 248 g/mol. The standard InChI is InChI=1S/C14H19ClN2O/c1-8-14(15)12(17(2)16-8)7-13(18)11-6-9-3-4-10(11)5-9/h9-11H,3-7H2,1-2H3. The Bertz CT molecular complexity index is 494. The largest absolute Gasteiger partial charge is 0.299 e. The maximum atomic E-state index is 12.4. The third kappa shape index (κ3) is 1.89. The molecule has 2 fully saturated rings. The van der Waals surface area contributed by atoms with Crippen molar-refractivity contribution in [2.75, 3.05) is 0 Å². The van der Waals surface area contributed by atoms with Gasteiger partial charge in [-0.3, -0.25) is 9.48 Å². The molecule has 0 amide bonds. The van der Waals surface area contributed by atoms with E-state index < -0.39 is 0 Å².